The summed E-state index contributed by atoms with van der Waals surface area (Å²) in [6, 6.07) is 9.76. The van der Waals surface area contributed by atoms with Crippen LogP contribution in [0, 0.1) is 6.92 Å². The third kappa shape index (κ3) is 2.52. The highest BCUT2D eigenvalue weighted by atomic mass is 35.5. The molecule has 0 aliphatic rings. The van der Waals surface area contributed by atoms with E-state index in [-0.39, 0.29) is 12.4 Å². The van der Waals surface area contributed by atoms with Crippen molar-refractivity contribution >= 4 is 12.4 Å². The molecule has 0 aromatic heterocycles. The summed E-state index contributed by atoms with van der Waals surface area (Å²) in [4.78, 5) is 0. The summed E-state index contributed by atoms with van der Waals surface area (Å²) in [6.07, 6.45) is 0.390. The van der Waals surface area contributed by atoms with E-state index in [4.69, 9.17) is 6.92 Å². The Hall–Kier alpha value is -0.490. The SMILES string of the molecule is Cl.[C]Cc1ccccc1. The van der Waals surface area contributed by atoms with Crippen LogP contribution in [0.2, 0.25) is 0 Å². The smallest absolute Gasteiger partial charge is 0.00430 e. The van der Waals surface area contributed by atoms with Gasteiger partial charge < -0.3 is 0 Å². The lowest BCUT2D eigenvalue weighted by Gasteiger charge is -1.89. The first-order chi connectivity index (χ1) is 3.93. The minimum absolute atomic E-state index is 0. The van der Waals surface area contributed by atoms with Crippen LogP contribution in [0.1, 0.15) is 5.56 Å². The van der Waals surface area contributed by atoms with Crippen LogP contribution >= 0.6 is 12.4 Å². The van der Waals surface area contributed by atoms with Gasteiger partial charge in [0.2, 0.25) is 0 Å². The van der Waals surface area contributed by atoms with E-state index in [2.05, 4.69) is 0 Å². The number of hydrogen-bond donors (Lipinski definition) is 0. The van der Waals surface area contributed by atoms with Crippen molar-refractivity contribution in [3.8, 4) is 0 Å². The lowest BCUT2D eigenvalue weighted by Crippen LogP contribution is -1.74. The second-order valence-electron chi connectivity index (χ2n) is 1.66. The number of halogens is 1. The molecule has 0 fully saturated rings. The fourth-order valence-electron chi connectivity index (χ4n) is 0.596. The highest BCUT2D eigenvalue weighted by molar-refractivity contribution is 5.85. The quantitative estimate of drug-likeness (QED) is 0.560. The molecular weight excluding hydrogens is 132 g/mol. The molecule has 1 heteroatoms. The molecule has 0 unspecified atom stereocenters. The average molecular weight is 140 g/mol. The van der Waals surface area contributed by atoms with E-state index in [1.54, 1.807) is 0 Å². The Bertz CT molecular complexity index is 146. The van der Waals surface area contributed by atoms with Gasteiger partial charge in [-0.25, -0.2) is 0 Å². The first-order valence-electron chi connectivity index (χ1n) is 2.62. The fourth-order valence-corrected chi connectivity index (χ4v) is 0.596. The molecule has 9 heavy (non-hydrogen) atoms. The molecule has 0 nitrogen and oxygen atoms in total. The molecule has 0 saturated heterocycles. The maximum atomic E-state index is 6.94. The van der Waals surface area contributed by atoms with Crippen LogP contribution in [0.4, 0.5) is 0 Å². The molecule has 0 N–H and O–H groups in total. The van der Waals surface area contributed by atoms with Crippen molar-refractivity contribution in [2.75, 3.05) is 0 Å². The summed E-state index contributed by atoms with van der Waals surface area (Å²) in [6.45, 7) is 6.94. The van der Waals surface area contributed by atoms with Crippen molar-refractivity contribution in [3.05, 3.63) is 42.8 Å². The van der Waals surface area contributed by atoms with Crippen LogP contribution in [0.5, 0.6) is 0 Å². The van der Waals surface area contributed by atoms with Gasteiger partial charge in [0.1, 0.15) is 0 Å². The van der Waals surface area contributed by atoms with Crippen LogP contribution in [0.3, 0.4) is 0 Å². The van der Waals surface area contributed by atoms with Crippen LogP contribution < -0.4 is 0 Å². The van der Waals surface area contributed by atoms with Crippen molar-refractivity contribution in [1.82, 2.24) is 0 Å². The highest BCUT2D eigenvalue weighted by Crippen LogP contribution is 1.96. The maximum absolute atomic E-state index is 6.94. The third-order valence-electron chi connectivity index (χ3n) is 1.05. The zero-order chi connectivity index (χ0) is 5.82. The van der Waals surface area contributed by atoms with Gasteiger partial charge in [-0.3, -0.25) is 0 Å². The summed E-state index contributed by atoms with van der Waals surface area (Å²) >= 11 is 0. The van der Waals surface area contributed by atoms with Gasteiger partial charge in [0.25, 0.3) is 0 Å². The highest BCUT2D eigenvalue weighted by Gasteiger charge is 1.80. The topological polar surface area (TPSA) is 0 Å². The van der Waals surface area contributed by atoms with E-state index in [9.17, 15) is 0 Å². The third-order valence-corrected chi connectivity index (χ3v) is 1.05. The maximum Gasteiger partial charge on any atom is -0.00430 e. The molecule has 0 amide bonds. The van der Waals surface area contributed by atoms with Gasteiger partial charge in [-0.05, 0) is 18.9 Å². The van der Waals surface area contributed by atoms with Crippen LogP contribution in [-0.2, 0) is 6.42 Å². The minimum Gasteiger partial charge on any atom is -0.147 e. The molecule has 47 valence electrons. The zero-order valence-corrected chi connectivity index (χ0v) is 5.82. The Morgan fingerprint density at radius 3 is 2.00 bits per heavy atom. The van der Waals surface area contributed by atoms with E-state index in [1.165, 1.54) is 0 Å². The monoisotopic (exact) mass is 139 g/mol. The zero-order valence-electron chi connectivity index (χ0n) is 5.00. The Morgan fingerprint density at radius 2 is 1.67 bits per heavy atom. The molecule has 0 saturated carbocycles. The molecule has 0 spiro atoms. The van der Waals surface area contributed by atoms with E-state index in [0.29, 0.717) is 6.42 Å². The molecule has 1 rings (SSSR count). The second kappa shape index (κ2) is 4.39. The van der Waals surface area contributed by atoms with E-state index in [0.717, 1.165) is 5.56 Å². The Labute approximate surface area is 62.3 Å². The van der Waals surface area contributed by atoms with E-state index >= 15 is 0 Å². The Morgan fingerprint density at radius 1 is 1.11 bits per heavy atom. The summed E-state index contributed by atoms with van der Waals surface area (Å²) in [7, 11) is 0. The molecule has 0 heterocycles. The summed E-state index contributed by atoms with van der Waals surface area (Å²) in [5.74, 6) is 0. The molecule has 0 bridgehead atoms. The summed E-state index contributed by atoms with van der Waals surface area (Å²) < 4.78 is 0. The van der Waals surface area contributed by atoms with Gasteiger partial charge in [0.05, 0.1) is 0 Å². The van der Waals surface area contributed by atoms with Crippen LogP contribution in [-0.4, -0.2) is 0 Å². The predicted octanol–water partition coefficient (Wildman–Crippen LogP) is 2.24. The van der Waals surface area contributed by atoms with Crippen LogP contribution in [0.15, 0.2) is 30.3 Å². The van der Waals surface area contributed by atoms with E-state index in [1.807, 2.05) is 30.3 Å². The fraction of sp³-hybridized carbons (Fsp3) is 0.125. The second-order valence-corrected chi connectivity index (χ2v) is 1.66. The molecule has 1 aromatic rings. The number of hydrogen-bond acceptors (Lipinski definition) is 0. The Kier molecular flexibility index (Phi) is 4.16. The van der Waals surface area contributed by atoms with Gasteiger partial charge in [-0.1, -0.05) is 30.3 Å². The molecule has 0 aliphatic heterocycles. The largest absolute Gasteiger partial charge is 0.147 e. The van der Waals surface area contributed by atoms with Crippen molar-refractivity contribution in [2.45, 2.75) is 6.42 Å². The van der Waals surface area contributed by atoms with Crippen LogP contribution in [0.25, 0.3) is 0 Å². The molecular formula is C8H8Cl. The normalized spacial score (nSPS) is 8.11. The standard InChI is InChI=1S/C8H7.ClH/c1-2-8-6-4-3-5-7-8;/h3-7H,2H2;1H. The van der Waals surface area contributed by atoms with Crippen molar-refractivity contribution < 1.29 is 0 Å². The average Bonchev–Trinajstić information content (AvgIpc) is 1.90. The summed E-state index contributed by atoms with van der Waals surface area (Å²) in [5.41, 5.74) is 1.08. The van der Waals surface area contributed by atoms with Gasteiger partial charge in [0, 0.05) is 0 Å². The minimum atomic E-state index is 0. The predicted molar refractivity (Wildman–Crippen MR) is 40.6 cm³/mol. The van der Waals surface area contributed by atoms with Crippen molar-refractivity contribution in [1.29, 1.82) is 0 Å². The molecule has 0 atom stereocenters. The molecule has 3 radical (unpaired) electrons. The first-order valence-corrected chi connectivity index (χ1v) is 2.62. The first kappa shape index (κ1) is 8.51. The van der Waals surface area contributed by atoms with Gasteiger partial charge in [0.15, 0.2) is 0 Å². The van der Waals surface area contributed by atoms with Crippen molar-refractivity contribution in [2.24, 2.45) is 0 Å². The lowest BCUT2D eigenvalue weighted by atomic mass is 10.2. The van der Waals surface area contributed by atoms with Crippen molar-refractivity contribution in [3.63, 3.8) is 0 Å². The van der Waals surface area contributed by atoms with E-state index < -0.39 is 0 Å². The number of rotatable bonds is 1. The van der Waals surface area contributed by atoms with Gasteiger partial charge in [-0.15, -0.1) is 12.4 Å². The van der Waals surface area contributed by atoms with Gasteiger partial charge >= 0.3 is 0 Å². The summed E-state index contributed by atoms with van der Waals surface area (Å²) in [5, 5.41) is 0. The number of benzene rings is 1. The Balaban J connectivity index is 0.000000640. The lowest BCUT2D eigenvalue weighted by molar-refractivity contribution is 1.27. The molecule has 1 aromatic carbocycles. The molecule has 0 aliphatic carbocycles. The van der Waals surface area contributed by atoms with Gasteiger partial charge in [-0.2, -0.15) is 0 Å².